The molecule has 1 heterocycles. The van der Waals surface area contributed by atoms with Crippen molar-refractivity contribution < 1.29 is 4.79 Å². The molecule has 6 nitrogen and oxygen atoms in total. The van der Waals surface area contributed by atoms with Crippen molar-refractivity contribution in [2.24, 2.45) is 0 Å². The fraction of sp³-hybridized carbons (Fsp3) is 0.421. The summed E-state index contributed by atoms with van der Waals surface area (Å²) in [5.41, 5.74) is 3.42. The lowest BCUT2D eigenvalue weighted by Crippen LogP contribution is -2.38. The molecular weight excluding hydrogens is 316 g/mol. The number of hydrogen-bond acceptors (Lipinski definition) is 3. The van der Waals surface area contributed by atoms with Crippen LogP contribution in [0.4, 0.5) is 4.79 Å². The Balaban J connectivity index is 1.58. The normalized spacial score (nSPS) is 18.6. The Morgan fingerprint density at radius 1 is 1.20 bits per heavy atom. The monoisotopic (exact) mass is 340 g/mol. The minimum Gasteiger partial charge on any atom is -0.335 e. The molecule has 1 aliphatic carbocycles. The summed E-state index contributed by atoms with van der Waals surface area (Å²) in [5, 5.41) is 12.4. The Morgan fingerprint density at radius 2 is 1.96 bits per heavy atom. The van der Waals surface area contributed by atoms with Gasteiger partial charge in [-0.05, 0) is 30.4 Å². The third-order valence-corrected chi connectivity index (χ3v) is 4.73. The molecule has 1 saturated carbocycles. The summed E-state index contributed by atoms with van der Waals surface area (Å²) in [6.45, 7) is 4.21. The number of hydrogen-bond donors (Lipinski definition) is 3. The predicted molar refractivity (Wildman–Crippen MR) is 96.6 cm³/mol. The summed E-state index contributed by atoms with van der Waals surface area (Å²) >= 11 is 0. The first-order valence-electron chi connectivity index (χ1n) is 8.82. The predicted octanol–water partition coefficient (Wildman–Crippen LogP) is 2.25. The number of aromatic nitrogens is 2. The van der Waals surface area contributed by atoms with Gasteiger partial charge in [0.25, 0.3) is 5.56 Å². The van der Waals surface area contributed by atoms with Gasteiger partial charge < -0.3 is 10.6 Å². The Bertz CT molecular complexity index is 801. The van der Waals surface area contributed by atoms with Gasteiger partial charge in [0.15, 0.2) is 0 Å². The first-order chi connectivity index (χ1) is 12.1. The van der Waals surface area contributed by atoms with Crippen molar-refractivity contribution in [3.63, 3.8) is 0 Å². The van der Waals surface area contributed by atoms with Crippen molar-refractivity contribution in [3.8, 4) is 0 Å². The topological polar surface area (TPSA) is 86.9 Å². The molecule has 0 aliphatic heterocycles. The van der Waals surface area contributed by atoms with Crippen LogP contribution in [0, 0.1) is 0 Å². The molecule has 2 aromatic rings. The van der Waals surface area contributed by atoms with Crippen LogP contribution in [0.15, 0.2) is 35.1 Å². The number of aromatic amines is 1. The van der Waals surface area contributed by atoms with E-state index in [0.29, 0.717) is 11.5 Å². The lowest BCUT2D eigenvalue weighted by molar-refractivity contribution is 0.240. The number of urea groups is 1. The van der Waals surface area contributed by atoms with Gasteiger partial charge in [-0.25, -0.2) is 9.89 Å². The van der Waals surface area contributed by atoms with Crippen molar-refractivity contribution in [3.05, 3.63) is 63.1 Å². The maximum Gasteiger partial charge on any atom is 0.315 e. The summed E-state index contributed by atoms with van der Waals surface area (Å²) in [6.07, 6.45) is 2.42. The second-order valence-electron chi connectivity index (χ2n) is 6.35. The first kappa shape index (κ1) is 17.2. The van der Waals surface area contributed by atoms with Crippen molar-refractivity contribution >= 4 is 6.03 Å². The molecule has 2 atom stereocenters. The second kappa shape index (κ2) is 7.51. The minimum absolute atomic E-state index is 0.162. The molecule has 1 aliphatic rings. The van der Waals surface area contributed by atoms with Crippen molar-refractivity contribution in [2.45, 2.75) is 51.6 Å². The molecule has 0 radical (unpaired) electrons. The summed E-state index contributed by atoms with van der Waals surface area (Å²) in [7, 11) is 0. The van der Waals surface area contributed by atoms with Gasteiger partial charge in [-0.15, -0.1) is 0 Å². The molecule has 0 unspecified atom stereocenters. The zero-order chi connectivity index (χ0) is 17.8. The molecular formula is C19H24N4O2. The molecule has 0 bridgehead atoms. The van der Waals surface area contributed by atoms with Crippen molar-refractivity contribution in [2.75, 3.05) is 0 Å². The van der Waals surface area contributed by atoms with Gasteiger partial charge >= 0.3 is 6.03 Å². The molecule has 3 N–H and O–H groups in total. The van der Waals surface area contributed by atoms with Gasteiger partial charge in [0, 0.05) is 17.5 Å². The van der Waals surface area contributed by atoms with Crippen LogP contribution in [0.5, 0.6) is 0 Å². The fourth-order valence-electron chi connectivity index (χ4n) is 3.27. The van der Waals surface area contributed by atoms with Crippen LogP contribution >= 0.6 is 0 Å². The van der Waals surface area contributed by atoms with E-state index in [4.69, 9.17) is 0 Å². The van der Waals surface area contributed by atoms with E-state index >= 15 is 0 Å². The highest BCUT2D eigenvalue weighted by Crippen LogP contribution is 2.40. The summed E-state index contributed by atoms with van der Waals surface area (Å²) in [5.74, 6) is 0.383. The van der Waals surface area contributed by atoms with Gasteiger partial charge in [0.05, 0.1) is 12.2 Å². The maximum absolute atomic E-state index is 12.2. The highest BCUT2D eigenvalue weighted by atomic mass is 16.2. The van der Waals surface area contributed by atoms with E-state index in [1.807, 2.05) is 32.0 Å². The van der Waals surface area contributed by atoms with E-state index in [2.05, 4.69) is 33.0 Å². The summed E-state index contributed by atoms with van der Waals surface area (Å²) in [4.78, 5) is 24.2. The Labute approximate surface area is 147 Å². The molecule has 1 aromatic carbocycles. The third-order valence-electron chi connectivity index (χ3n) is 4.73. The highest BCUT2D eigenvalue weighted by molar-refractivity contribution is 5.75. The molecule has 3 rings (SSSR count). The van der Waals surface area contributed by atoms with Crippen molar-refractivity contribution in [1.82, 2.24) is 20.8 Å². The van der Waals surface area contributed by atoms with Crippen LogP contribution in [0.25, 0.3) is 0 Å². The molecule has 132 valence electrons. The Morgan fingerprint density at radius 3 is 2.64 bits per heavy atom. The van der Waals surface area contributed by atoms with Gasteiger partial charge in [-0.2, -0.15) is 5.10 Å². The van der Waals surface area contributed by atoms with Crippen molar-refractivity contribution in [1.29, 1.82) is 0 Å². The molecule has 0 saturated heterocycles. The SMILES string of the molecule is CCc1n[nH]c(=O)c(CNC(=O)N[C@H]2C[C@@H]2c2ccccc2)c1CC. The number of amides is 2. The largest absolute Gasteiger partial charge is 0.335 e. The highest BCUT2D eigenvalue weighted by Gasteiger charge is 2.39. The van der Waals surface area contributed by atoms with Crippen LogP contribution in [0.3, 0.4) is 0 Å². The van der Waals surface area contributed by atoms with E-state index in [9.17, 15) is 9.59 Å². The number of aryl methyl sites for hydroxylation is 1. The molecule has 6 heteroatoms. The number of carbonyl (C=O) groups excluding carboxylic acids is 1. The number of benzene rings is 1. The van der Waals surface area contributed by atoms with Gasteiger partial charge in [0.2, 0.25) is 0 Å². The number of H-pyrrole nitrogens is 1. The average molecular weight is 340 g/mol. The van der Waals surface area contributed by atoms with Gasteiger partial charge in [-0.3, -0.25) is 4.79 Å². The molecule has 25 heavy (non-hydrogen) atoms. The zero-order valence-electron chi connectivity index (χ0n) is 14.6. The number of rotatable bonds is 6. The Hall–Kier alpha value is -2.63. The Kier molecular flexibility index (Phi) is 5.16. The summed E-state index contributed by atoms with van der Waals surface area (Å²) < 4.78 is 0. The number of carbonyl (C=O) groups is 1. The van der Waals surface area contributed by atoms with Crippen LogP contribution in [0.2, 0.25) is 0 Å². The van der Waals surface area contributed by atoms with Crippen LogP contribution in [-0.2, 0) is 19.4 Å². The molecule has 0 spiro atoms. The fourth-order valence-corrected chi connectivity index (χ4v) is 3.27. The van der Waals surface area contributed by atoms with E-state index in [1.165, 1.54) is 5.56 Å². The second-order valence-corrected chi connectivity index (χ2v) is 6.35. The lowest BCUT2D eigenvalue weighted by Gasteiger charge is -2.12. The standard InChI is InChI=1S/C19H24N4O2/c1-3-13-15(18(24)23-22-16(13)4-2)11-20-19(25)21-17-10-14(17)12-8-6-5-7-9-12/h5-9,14,17H,3-4,10-11H2,1-2H3,(H,23,24)(H2,20,21,25)/t14-,17+/m1/s1. The van der Waals surface area contributed by atoms with E-state index < -0.39 is 0 Å². The average Bonchev–Trinajstić information content (AvgIpc) is 3.40. The van der Waals surface area contributed by atoms with E-state index in [-0.39, 0.29) is 24.2 Å². The minimum atomic E-state index is -0.236. The van der Waals surface area contributed by atoms with Gasteiger partial charge in [-0.1, -0.05) is 44.2 Å². The van der Waals surface area contributed by atoms with Crippen LogP contribution in [-0.4, -0.2) is 22.3 Å². The summed E-state index contributed by atoms with van der Waals surface area (Å²) in [6, 6.07) is 10.1. The van der Waals surface area contributed by atoms with E-state index in [0.717, 1.165) is 30.5 Å². The van der Waals surface area contributed by atoms with Crippen LogP contribution in [0.1, 0.15) is 48.6 Å². The number of nitrogens with zero attached hydrogens (tertiary/aromatic N) is 1. The third kappa shape index (κ3) is 3.90. The molecule has 1 aromatic heterocycles. The zero-order valence-corrected chi connectivity index (χ0v) is 14.6. The lowest BCUT2D eigenvalue weighted by atomic mass is 10.0. The molecule has 2 amide bonds. The van der Waals surface area contributed by atoms with E-state index in [1.54, 1.807) is 0 Å². The maximum atomic E-state index is 12.2. The van der Waals surface area contributed by atoms with Gasteiger partial charge in [0.1, 0.15) is 0 Å². The number of nitrogens with one attached hydrogen (secondary N) is 3. The first-order valence-corrected chi connectivity index (χ1v) is 8.82. The quantitative estimate of drug-likeness (QED) is 0.754. The molecule has 1 fully saturated rings. The smallest absolute Gasteiger partial charge is 0.315 e. The van der Waals surface area contributed by atoms with Crippen LogP contribution < -0.4 is 16.2 Å².